The van der Waals surface area contributed by atoms with E-state index in [1.54, 1.807) is 6.92 Å². The van der Waals surface area contributed by atoms with Gasteiger partial charge in [-0.25, -0.2) is 0 Å². The quantitative estimate of drug-likeness (QED) is 0.833. The van der Waals surface area contributed by atoms with Gasteiger partial charge in [0.05, 0.1) is 24.0 Å². The van der Waals surface area contributed by atoms with E-state index in [1.165, 1.54) is 25.7 Å². The van der Waals surface area contributed by atoms with Crippen molar-refractivity contribution in [3.05, 3.63) is 24.3 Å². The van der Waals surface area contributed by atoms with Crippen LogP contribution >= 0.6 is 0 Å². The van der Waals surface area contributed by atoms with Crippen LogP contribution in [0.3, 0.4) is 0 Å². The Morgan fingerprint density at radius 1 is 1.21 bits per heavy atom. The van der Waals surface area contributed by atoms with Gasteiger partial charge >= 0.3 is 0 Å². The third kappa shape index (κ3) is 2.76. The third-order valence-electron chi connectivity index (χ3n) is 5.58. The Bertz CT molecular complexity index is 665. The second-order valence-corrected chi connectivity index (χ2v) is 7.34. The zero-order chi connectivity index (χ0) is 16.6. The minimum Gasteiger partial charge on any atom is -0.370 e. The summed E-state index contributed by atoms with van der Waals surface area (Å²) in [5, 5.41) is 7.33. The minimum absolute atomic E-state index is 0.148. The van der Waals surface area contributed by atoms with Crippen molar-refractivity contribution in [2.45, 2.75) is 57.0 Å². The number of amides is 1. The molecule has 1 aromatic carbocycles. The number of aliphatic imine (C=N–C) groups is 1. The van der Waals surface area contributed by atoms with E-state index in [-0.39, 0.29) is 11.4 Å². The topological polar surface area (TPSA) is 56.7 Å². The van der Waals surface area contributed by atoms with E-state index in [0.717, 1.165) is 36.6 Å². The normalized spacial score (nSPS) is 28.5. The molecule has 4 rings (SSSR count). The first kappa shape index (κ1) is 15.5. The predicted molar refractivity (Wildman–Crippen MR) is 97.6 cm³/mol. The summed E-state index contributed by atoms with van der Waals surface area (Å²) in [7, 11) is 0. The van der Waals surface area contributed by atoms with Gasteiger partial charge in [0.2, 0.25) is 5.91 Å². The average molecular weight is 326 g/mol. The van der Waals surface area contributed by atoms with Crippen LogP contribution < -0.4 is 10.6 Å². The molecular weight excluding hydrogens is 300 g/mol. The number of carbonyl (C=O) groups excluding carboxylic acids is 1. The number of amidine groups is 1. The summed E-state index contributed by atoms with van der Waals surface area (Å²) in [5.41, 5.74) is 1.91. The molecule has 1 saturated heterocycles. The van der Waals surface area contributed by atoms with Crippen LogP contribution in [0, 0.1) is 0 Å². The zero-order valence-electron chi connectivity index (χ0n) is 14.3. The maximum Gasteiger partial charge on any atom is 0.219 e. The Labute approximate surface area is 143 Å². The van der Waals surface area contributed by atoms with E-state index in [2.05, 4.69) is 22.8 Å². The number of nitrogens with one attached hydrogen (secondary N) is 2. The standard InChI is InChI=1S/C19H26N4O/c1-14(24)23-12-6-11-19(13-23)18(20-15-7-2-3-8-15)21-16-9-4-5-10-17(16)22-19/h4-5,9-10,15,22H,2-3,6-8,11-13H2,1H3,(H,20,21)/t19-/m0/s1. The highest BCUT2D eigenvalue weighted by atomic mass is 16.2. The molecule has 128 valence electrons. The number of rotatable bonds is 1. The van der Waals surface area contributed by atoms with E-state index in [9.17, 15) is 4.79 Å². The molecule has 1 spiro atoms. The highest BCUT2D eigenvalue weighted by molar-refractivity contribution is 6.10. The Morgan fingerprint density at radius 2 is 1.96 bits per heavy atom. The summed E-state index contributed by atoms with van der Waals surface area (Å²) in [6.45, 7) is 3.20. The highest BCUT2D eigenvalue weighted by Crippen LogP contribution is 2.37. The van der Waals surface area contributed by atoms with Gasteiger partial charge in [0.15, 0.2) is 0 Å². The largest absolute Gasteiger partial charge is 0.370 e. The molecule has 1 atom stereocenters. The van der Waals surface area contributed by atoms with Crippen LogP contribution in [0.5, 0.6) is 0 Å². The number of fused-ring (bicyclic) bond motifs is 1. The van der Waals surface area contributed by atoms with E-state index < -0.39 is 0 Å². The number of hydrogen-bond acceptors (Lipinski definition) is 3. The van der Waals surface area contributed by atoms with Gasteiger partial charge in [0, 0.05) is 13.5 Å². The molecule has 0 radical (unpaired) electrons. The van der Waals surface area contributed by atoms with Crippen molar-refractivity contribution in [3.63, 3.8) is 0 Å². The number of anilines is 2. The molecule has 1 saturated carbocycles. The smallest absolute Gasteiger partial charge is 0.219 e. The molecule has 5 heteroatoms. The number of likely N-dealkylation sites (tertiary alicyclic amines) is 1. The van der Waals surface area contributed by atoms with Gasteiger partial charge in [-0.2, -0.15) is 0 Å². The van der Waals surface area contributed by atoms with Crippen LogP contribution in [0.25, 0.3) is 0 Å². The molecule has 2 N–H and O–H groups in total. The van der Waals surface area contributed by atoms with Crippen molar-refractivity contribution < 1.29 is 4.79 Å². The lowest BCUT2D eigenvalue weighted by molar-refractivity contribution is -0.130. The van der Waals surface area contributed by atoms with E-state index >= 15 is 0 Å². The fourth-order valence-electron chi connectivity index (χ4n) is 4.26. The Hall–Kier alpha value is -2.04. The highest BCUT2D eigenvalue weighted by Gasteiger charge is 2.44. The third-order valence-corrected chi connectivity index (χ3v) is 5.58. The van der Waals surface area contributed by atoms with E-state index in [1.807, 2.05) is 17.0 Å². The van der Waals surface area contributed by atoms with Crippen molar-refractivity contribution in [3.8, 4) is 0 Å². The summed E-state index contributed by atoms with van der Waals surface area (Å²) < 4.78 is 0. The maximum atomic E-state index is 12.0. The lowest BCUT2D eigenvalue weighted by Gasteiger charge is -2.47. The van der Waals surface area contributed by atoms with Crippen LogP contribution in [0.2, 0.25) is 0 Å². The van der Waals surface area contributed by atoms with Gasteiger partial charge in [-0.1, -0.05) is 25.0 Å². The van der Waals surface area contributed by atoms with Gasteiger partial charge in [0.25, 0.3) is 0 Å². The van der Waals surface area contributed by atoms with Crippen LogP contribution in [0.1, 0.15) is 45.4 Å². The SMILES string of the molecule is CC(=O)N1CCC[C@@]2(C1)Nc1ccccc1NC2=NC1CCCC1. The van der Waals surface area contributed by atoms with Crippen LogP contribution in [0.4, 0.5) is 11.4 Å². The molecule has 0 unspecified atom stereocenters. The Kier molecular flexibility index (Phi) is 3.94. The first-order valence-electron chi connectivity index (χ1n) is 9.14. The van der Waals surface area contributed by atoms with E-state index in [0.29, 0.717) is 12.6 Å². The monoisotopic (exact) mass is 326 g/mol. The molecule has 1 aliphatic carbocycles. The second kappa shape index (κ2) is 6.11. The summed E-state index contributed by atoms with van der Waals surface area (Å²) in [5.74, 6) is 1.18. The predicted octanol–water partition coefficient (Wildman–Crippen LogP) is 3.25. The molecule has 1 aromatic rings. The Balaban J connectivity index is 1.71. The number of hydrogen-bond donors (Lipinski definition) is 2. The molecule has 0 bridgehead atoms. The number of benzene rings is 1. The van der Waals surface area contributed by atoms with Gasteiger partial charge in [-0.15, -0.1) is 0 Å². The number of para-hydroxylation sites is 2. The number of piperidine rings is 1. The molecule has 2 heterocycles. The molecule has 5 nitrogen and oxygen atoms in total. The summed E-state index contributed by atoms with van der Waals surface area (Å²) >= 11 is 0. The van der Waals surface area contributed by atoms with Gasteiger partial charge in [-0.3, -0.25) is 9.79 Å². The second-order valence-electron chi connectivity index (χ2n) is 7.34. The minimum atomic E-state index is -0.277. The summed E-state index contributed by atoms with van der Waals surface area (Å²) in [4.78, 5) is 19.0. The van der Waals surface area contributed by atoms with Gasteiger partial charge in [-0.05, 0) is 37.8 Å². The van der Waals surface area contributed by atoms with Crippen molar-refractivity contribution in [1.82, 2.24) is 4.90 Å². The number of nitrogens with zero attached hydrogens (tertiary/aromatic N) is 2. The van der Waals surface area contributed by atoms with Crippen molar-refractivity contribution in [1.29, 1.82) is 0 Å². The molecule has 24 heavy (non-hydrogen) atoms. The average Bonchev–Trinajstić information content (AvgIpc) is 3.09. The van der Waals surface area contributed by atoms with Crippen LogP contribution in [-0.2, 0) is 4.79 Å². The summed E-state index contributed by atoms with van der Waals surface area (Å²) in [6, 6.07) is 8.70. The Morgan fingerprint density at radius 3 is 2.71 bits per heavy atom. The van der Waals surface area contributed by atoms with Crippen LogP contribution in [-0.4, -0.2) is 41.3 Å². The van der Waals surface area contributed by atoms with E-state index in [4.69, 9.17) is 4.99 Å². The summed E-state index contributed by atoms with van der Waals surface area (Å²) in [6.07, 6.45) is 6.92. The first-order valence-corrected chi connectivity index (χ1v) is 9.14. The molecule has 2 fully saturated rings. The lowest BCUT2D eigenvalue weighted by Crippen LogP contribution is -2.62. The fourth-order valence-corrected chi connectivity index (χ4v) is 4.26. The number of carbonyl (C=O) groups is 1. The van der Waals surface area contributed by atoms with Crippen molar-refractivity contribution in [2.75, 3.05) is 23.7 Å². The molecule has 1 amide bonds. The molecule has 3 aliphatic rings. The van der Waals surface area contributed by atoms with Crippen LogP contribution in [0.15, 0.2) is 29.3 Å². The zero-order valence-corrected chi connectivity index (χ0v) is 14.3. The van der Waals surface area contributed by atoms with Crippen molar-refractivity contribution >= 4 is 23.1 Å². The first-order chi connectivity index (χ1) is 11.7. The van der Waals surface area contributed by atoms with Crippen molar-refractivity contribution in [2.24, 2.45) is 4.99 Å². The van der Waals surface area contributed by atoms with Gasteiger partial charge < -0.3 is 15.5 Å². The van der Waals surface area contributed by atoms with Gasteiger partial charge in [0.1, 0.15) is 11.4 Å². The fraction of sp³-hybridized carbons (Fsp3) is 0.579. The molecule has 0 aromatic heterocycles. The maximum absolute atomic E-state index is 12.0. The lowest BCUT2D eigenvalue weighted by atomic mass is 9.85. The molecular formula is C19H26N4O. The molecule has 2 aliphatic heterocycles.